The van der Waals surface area contributed by atoms with E-state index in [9.17, 15) is 0 Å². The monoisotopic (exact) mass is 492 g/mol. The summed E-state index contributed by atoms with van der Waals surface area (Å²) in [5, 5.41) is 0. The van der Waals surface area contributed by atoms with Crippen LogP contribution in [-0.4, -0.2) is 11.7 Å². The fourth-order valence-corrected chi connectivity index (χ4v) is 3.33. The van der Waals surface area contributed by atoms with Gasteiger partial charge in [-0.2, -0.15) is 35.8 Å². The Morgan fingerprint density at radius 1 is 0.958 bits per heavy atom. The Labute approximate surface area is 158 Å². The molecule has 2 nitrogen and oxygen atoms in total. The van der Waals surface area contributed by atoms with Crippen LogP contribution in [-0.2, 0) is 20.1 Å². The number of nitrogens with zero attached hydrogens (tertiary/aromatic N) is 1. The molecule has 1 radical (unpaired) electrons. The molecule has 0 aliphatic carbocycles. The molecule has 4 heteroatoms. The smallest absolute Gasteiger partial charge is 0.241 e. The molecule has 1 aromatic heterocycles. The van der Waals surface area contributed by atoms with E-state index in [2.05, 4.69) is 50.0 Å². The Morgan fingerprint density at radius 2 is 1.67 bits per heavy atom. The minimum absolute atomic E-state index is 0. The summed E-state index contributed by atoms with van der Waals surface area (Å²) < 4.78 is 0. The van der Waals surface area contributed by atoms with Crippen LogP contribution in [0.5, 0.6) is 0 Å². The standard InChI is InChI=1S/C20H20BN2.Ir/c1-14-12-15(2)20(16(3)13-14)21(17-8-5-4-6-9-17)18-10-7-11-19(22)23-18;/h4-8,10-13H,1-3H3,(H2,22,23);/q-1;. The van der Waals surface area contributed by atoms with E-state index >= 15 is 0 Å². The van der Waals surface area contributed by atoms with Gasteiger partial charge >= 0.3 is 0 Å². The first-order valence-electron chi connectivity index (χ1n) is 7.83. The number of aromatic nitrogens is 1. The van der Waals surface area contributed by atoms with Crippen LogP contribution in [0, 0.1) is 26.8 Å². The Morgan fingerprint density at radius 3 is 2.25 bits per heavy atom. The number of nitrogen functional groups attached to an aromatic ring is 1. The summed E-state index contributed by atoms with van der Waals surface area (Å²) in [5.41, 5.74) is 13.1. The van der Waals surface area contributed by atoms with Gasteiger partial charge in [0.1, 0.15) is 5.82 Å². The second-order valence-electron chi connectivity index (χ2n) is 6.05. The molecule has 0 atom stereocenters. The molecule has 123 valence electrons. The predicted molar refractivity (Wildman–Crippen MR) is 99.2 cm³/mol. The minimum atomic E-state index is 0. The number of hydrogen-bond donors (Lipinski definition) is 1. The largest absolute Gasteiger partial charge is 0.384 e. The molecule has 0 saturated carbocycles. The molecule has 3 rings (SSSR count). The second-order valence-corrected chi connectivity index (χ2v) is 6.05. The van der Waals surface area contributed by atoms with Crippen molar-refractivity contribution >= 4 is 29.0 Å². The number of hydrogen-bond acceptors (Lipinski definition) is 2. The van der Waals surface area contributed by atoms with E-state index in [4.69, 9.17) is 5.73 Å². The van der Waals surface area contributed by atoms with Crippen molar-refractivity contribution in [1.29, 1.82) is 0 Å². The van der Waals surface area contributed by atoms with E-state index < -0.39 is 0 Å². The van der Waals surface area contributed by atoms with E-state index in [1.54, 1.807) is 0 Å². The third kappa shape index (κ3) is 3.77. The van der Waals surface area contributed by atoms with Gasteiger partial charge in [-0.1, -0.05) is 40.4 Å². The van der Waals surface area contributed by atoms with Crippen molar-refractivity contribution in [3.63, 3.8) is 0 Å². The van der Waals surface area contributed by atoms with Gasteiger partial charge in [0, 0.05) is 25.7 Å². The molecule has 0 unspecified atom stereocenters. The van der Waals surface area contributed by atoms with Crippen LogP contribution in [0.15, 0.2) is 54.6 Å². The summed E-state index contributed by atoms with van der Waals surface area (Å²) in [4.78, 5) is 4.59. The molecule has 2 N–H and O–H groups in total. The van der Waals surface area contributed by atoms with E-state index in [0.717, 1.165) is 11.1 Å². The average Bonchev–Trinajstić information content (AvgIpc) is 2.51. The molecule has 0 amide bonds. The molecule has 0 aliphatic rings. The number of rotatable bonds is 3. The molecule has 0 aliphatic heterocycles. The number of benzene rings is 2. The van der Waals surface area contributed by atoms with Gasteiger partial charge in [0.05, 0.1) is 0 Å². The molecule has 0 fully saturated rings. The number of anilines is 1. The number of pyridine rings is 1. The van der Waals surface area contributed by atoms with Gasteiger partial charge in [-0.15, -0.1) is 0 Å². The second kappa shape index (κ2) is 7.78. The van der Waals surface area contributed by atoms with Crippen molar-refractivity contribution in [2.45, 2.75) is 20.8 Å². The molecule has 0 saturated heterocycles. The molecule has 2 aromatic carbocycles. The van der Waals surface area contributed by atoms with E-state index in [1.165, 1.54) is 22.2 Å². The van der Waals surface area contributed by atoms with Crippen molar-refractivity contribution in [3.05, 3.63) is 77.4 Å². The Bertz CT molecular complexity index is 811. The first-order chi connectivity index (χ1) is 11.1. The third-order valence-electron chi connectivity index (χ3n) is 4.16. The van der Waals surface area contributed by atoms with E-state index in [-0.39, 0.29) is 26.8 Å². The summed E-state index contributed by atoms with van der Waals surface area (Å²) in [6, 6.07) is 21.7. The summed E-state index contributed by atoms with van der Waals surface area (Å²) in [6.45, 7) is 6.50. The predicted octanol–water partition coefficient (Wildman–Crippen LogP) is 1.90. The van der Waals surface area contributed by atoms with Gasteiger partial charge in [-0.05, 0) is 32.9 Å². The zero-order chi connectivity index (χ0) is 16.4. The van der Waals surface area contributed by atoms with Crippen molar-refractivity contribution in [1.82, 2.24) is 4.98 Å². The van der Waals surface area contributed by atoms with E-state index in [1.807, 2.05) is 36.4 Å². The van der Waals surface area contributed by atoms with Gasteiger partial charge in [0.25, 0.3) is 0 Å². The van der Waals surface area contributed by atoms with Gasteiger partial charge in [0.15, 0.2) is 0 Å². The minimum Gasteiger partial charge on any atom is -0.384 e. The molecule has 3 aromatic rings. The van der Waals surface area contributed by atoms with Gasteiger partial charge in [-0.3, -0.25) is 0 Å². The zero-order valence-electron chi connectivity index (χ0n) is 14.1. The summed E-state index contributed by atoms with van der Waals surface area (Å²) in [5.74, 6) is 0.547. The average molecular weight is 491 g/mol. The summed E-state index contributed by atoms with van der Waals surface area (Å²) in [7, 11) is 0. The molecule has 1 heterocycles. The summed E-state index contributed by atoms with van der Waals surface area (Å²) in [6.07, 6.45) is 0. The van der Waals surface area contributed by atoms with Crippen LogP contribution in [0.3, 0.4) is 0 Å². The first kappa shape index (κ1) is 18.4. The molecule has 0 spiro atoms. The maximum atomic E-state index is 5.93. The van der Waals surface area contributed by atoms with Crippen LogP contribution >= 0.6 is 0 Å². The molecule has 0 bridgehead atoms. The van der Waals surface area contributed by atoms with Crippen molar-refractivity contribution in [3.8, 4) is 0 Å². The quantitative estimate of drug-likeness (QED) is 0.449. The molecule has 24 heavy (non-hydrogen) atoms. The van der Waals surface area contributed by atoms with Crippen LogP contribution in [0.1, 0.15) is 16.7 Å². The summed E-state index contributed by atoms with van der Waals surface area (Å²) >= 11 is 0. The van der Waals surface area contributed by atoms with E-state index in [0.29, 0.717) is 5.82 Å². The molecular weight excluding hydrogens is 471 g/mol. The maximum Gasteiger partial charge on any atom is 0.241 e. The first-order valence-corrected chi connectivity index (χ1v) is 7.83. The van der Waals surface area contributed by atoms with Gasteiger partial charge in [-0.25, -0.2) is 4.98 Å². The van der Waals surface area contributed by atoms with Crippen molar-refractivity contribution in [2.24, 2.45) is 0 Å². The van der Waals surface area contributed by atoms with Crippen LogP contribution < -0.4 is 22.3 Å². The normalized spacial score (nSPS) is 10.1. The van der Waals surface area contributed by atoms with Gasteiger partial charge < -0.3 is 5.73 Å². The number of nitrogens with two attached hydrogens (primary N) is 1. The number of aryl methyl sites for hydroxylation is 3. The third-order valence-corrected chi connectivity index (χ3v) is 4.16. The Balaban J connectivity index is 0.00000208. The Kier molecular flexibility index (Phi) is 5.98. The zero-order valence-corrected chi connectivity index (χ0v) is 16.5. The van der Waals surface area contributed by atoms with Gasteiger partial charge in [0.2, 0.25) is 6.71 Å². The van der Waals surface area contributed by atoms with Crippen LogP contribution in [0.4, 0.5) is 5.82 Å². The topological polar surface area (TPSA) is 38.9 Å². The SMILES string of the molecule is Cc1cc(C)c(B(c2[c-]cccc2)c2cccc(N)n2)c(C)c1.[Ir]. The van der Waals surface area contributed by atoms with Crippen molar-refractivity contribution < 1.29 is 20.1 Å². The Hall–Kier alpha value is -1.90. The fraction of sp³-hybridized carbons (Fsp3) is 0.150. The van der Waals surface area contributed by atoms with Crippen LogP contribution in [0.25, 0.3) is 0 Å². The van der Waals surface area contributed by atoms with Crippen LogP contribution in [0.2, 0.25) is 0 Å². The fourth-order valence-electron chi connectivity index (χ4n) is 3.33. The molecular formula is C20H20BIrN2-. The van der Waals surface area contributed by atoms with Crippen molar-refractivity contribution in [2.75, 3.05) is 5.73 Å². The maximum absolute atomic E-state index is 5.93.